The van der Waals surface area contributed by atoms with E-state index in [9.17, 15) is 9.59 Å². The van der Waals surface area contributed by atoms with Gasteiger partial charge in [0.2, 0.25) is 6.41 Å². The lowest BCUT2D eigenvalue weighted by atomic mass is 10.1. The van der Waals surface area contributed by atoms with Gasteiger partial charge in [0.1, 0.15) is 5.69 Å². The van der Waals surface area contributed by atoms with E-state index < -0.39 is 0 Å². The van der Waals surface area contributed by atoms with Gasteiger partial charge in [0, 0.05) is 38.8 Å². The van der Waals surface area contributed by atoms with Crippen LogP contribution in [0.2, 0.25) is 0 Å². The lowest BCUT2D eigenvalue weighted by Crippen LogP contribution is -2.30. The summed E-state index contributed by atoms with van der Waals surface area (Å²) in [5.74, 6) is 0. The largest absolute Gasteiger partial charge is 0.378 e. The minimum atomic E-state index is -0.164. The minimum absolute atomic E-state index is 0.164. The van der Waals surface area contributed by atoms with Crippen molar-refractivity contribution in [3.05, 3.63) is 34.6 Å². The molecule has 2 aromatic rings. The zero-order valence-electron chi connectivity index (χ0n) is 12.3. The first-order chi connectivity index (χ1) is 9.49. The van der Waals surface area contributed by atoms with E-state index in [4.69, 9.17) is 0 Å². The Morgan fingerprint density at radius 3 is 2.50 bits per heavy atom. The first-order valence-electron chi connectivity index (χ1n) is 6.52. The molecule has 0 saturated heterocycles. The minimum Gasteiger partial charge on any atom is -0.378 e. The number of carbonyl (C=O) groups is 1. The molecule has 0 fully saturated rings. The number of aryl methyl sites for hydroxylation is 1. The Bertz CT molecular complexity index is 704. The molecule has 1 aromatic carbocycles. The van der Waals surface area contributed by atoms with E-state index in [-0.39, 0.29) is 5.56 Å². The molecule has 106 valence electrons. The molecule has 1 heterocycles. The predicted molar refractivity (Wildman–Crippen MR) is 82.6 cm³/mol. The topological polar surface area (TPSA) is 45.6 Å². The Hall–Kier alpha value is -2.30. The van der Waals surface area contributed by atoms with Crippen molar-refractivity contribution in [1.29, 1.82) is 0 Å². The molecule has 5 heteroatoms. The molecule has 0 aliphatic carbocycles. The monoisotopic (exact) mass is 273 g/mol. The lowest BCUT2D eigenvalue weighted by molar-refractivity contribution is -0.107. The number of rotatable bonds is 4. The first-order valence-corrected chi connectivity index (χ1v) is 6.52. The third kappa shape index (κ3) is 2.27. The third-order valence-electron chi connectivity index (χ3n) is 3.49. The van der Waals surface area contributed by atoms with Crippen molar-refractivity contribution < 1.29 is 4.79 Å². The van der Waals surface area contributed by atoms with E-state index >= 15 is 0 Å². The average Bonchev–Trinajstić information content (AvgIpc) is 2.44. The van der Waals surface area contributed by atoms with Crippen LogP contribution in [0.25, 0.3) is 10.9 Å². The van der Waals surface area contributed by atoms with Crippen LogP contribution in [-0.4, -0.2) is 31.6 Å². The number of pyridine rings is 1. The molecule has 0 unspecified atom stereocenters. The molecule has 2 rings (SSSR count). The zero-order valence-corrected chi connectivity index (χ0v) is 12.3. The van der Waals surface area contributed by atoms with Crippen LogP contribution in [0.3, 0.4) is 0 Å². The van der Waals surface area contributed by atoms with Gasteiger partial charge in [-0.1, -0.05) is 6.07 Å². The van der Waals surface area contributed by atoms with E-state index in [1.165, 1.54) is 4.90 Å². The number of hydrogen-bond acceptors (Lipinski definition) is 3. The number of carbonyl (C=O) groups excluding carboxylic acids is 1. The molecule has 0 bridgehead atoms. The van der Waals surface area contributed by atoms with Gasteiger partial charge >= 0.3 is 0 Å². The number of aromatic nitrogens is 1. The molecule has 0 aliphatic heterocycles. The molecule has 0 aliphatic rings. The van der Waals surface area contributed by atoms with Crippen molar-refractivity contribution in [3.63, 3.8) is 0 Å². The second-order valence-corrected chi connectivity index (χ2v) is 4.92. The molecular formula is C15H19N3O2. The summed E-state index contributed by atoms with van der Waals surface area (Å²) in [6, 6.07) is 7.70. The van der Waals surface area contributed by atoms with Crippen molar-refractivity contribution in [2.24, 2.45) is 7.05 Å². The van der Waals surface area contributed by atoms with Crippen molar-refractivity contribution >= 4 is 28.7 Å². The van der Waals surface area contributed by atoms with Gasteiger partial charge in [-0.05, 0) is 25.1 Å². The highest BCUT2D eigenvalue weighted by molar-refractivity contribution is 5.88. The Labute approximate surface area is 118 Å². The third-order valence-corrected chi connectivity index (χ3v) is 3.49. The first kappa shape index (κ1) is 14.1. The van der Waals surface area contributed by atoms with Crippen molar-refractivity contribution in [3.8, 4) is 0 Å². The van der Waals surface area contributed by atoms with Crippen LogP contribution >= 0.6 is 0 Å². The second kappa shape index (κ2) is 5.36. The van der Waals surface area contributed by atoms with Crippen LogP contribution in [0, 0.1) is 0 Å². The van der Waals surface area contributed by atoms with Gasteiger partial charge < -0.3 is 14.4 Å². The number of hydrogen-bond donors (Lipinski definition) is 0. The molecule has 5 nitrogen and oxygen atoms in total. The van der Waals surface area contributed by atoms with Gasteiger partial charge in [-0.3, -0.25) is 9.59 Å². The predicted octanol–water partition coefficient (Wildman–Crippen LogP) is 1.59. The number of fused-ring (bicyclic) bond motifs is 1. The number of amides is 1. The Kier molecular flexibility index (Phi) is 3.79. The standard InChI is InChI=1S/C15H19N3O2/c1-5-18(10-19)14-8-11-6-7-12(16(2)3)9-13(11)17(4)15(14)20/h6-10H,5H2,1-4H3. The molecule has 0 atom stereocenters. The highest BCUT2D eigenvalue weighted by Gasteiger charge is 2.12. The summed E-state index contributed by atoms with van der Waals surface area (Å²) in [7, 11) is 5.64. The molecule has 1 amide bonds. The molecular weight excluding hydrogens is 254 g/mol. The van der Waals surface area contributed by atoms with Crippen LogP contribution in [0.5, 0.6) is 0 Å². The summed E-state index contributed by atoms with van der Waals surface area (Å²) in [4.78, 5) is 26.8. The van der Waals surface area contributed by atoms with E-state index in [0.717, 1.165) is 16.6 Å². The molecule has 0 radical (unpaired) electrons. The number of benzene rings is 1. The molecule has 0 spiro atoms. The highest BCUT2D eigenvalue weighted by atomic mass is 16.1. The fraction of sp³-hybridized carbons (Fsp3) is 0.333. The second-order valence-electron chi connectivity index (χ2n) is 4.92. The van der Waals surface area contributed by atoms with Gasteiger partial charge in [-0.25, -0.2) is 0 Å². The maximum Gasteiger partial charge on any atom is 0.274 e. The fourth-order valence-electron chi connectivity index (χ4n) is 2.22. The van der Waals surface area contributed by atoms with Crippen LogP contribution in [0.4, 0.5) is 11.4 Å². The summed E-state index contributed by atoms with van der Waals surface area (Å²) < 4.78 is 1.59. The molecule has 0 saturated carbocycles. The van der Waals surface area contributed by atoms with Crippen molar-refractivity contribution in [1.82, 2.24) is 4.57 Å². The van der Waals surface area contributed by atoms with Gasteiger partial charge in [0.25, 0.3) is 5.56 Å². The molecule has 1 aromatic heterocycles. The zero-order chi connectivity index (χ0) is 14.9. The molecule has 20 heavy (non-hydrogen) atoms. The lowest BCUT2D eigenvalue weighted by Gasteiger charge is -2.18. The number of anilines is 2. The normalized spacial score (nSPS) is 10.6. The highest BCUT2D eigenvalue weighted by Crippen LogP contribution is 2.22. The Morgan fingerprint density at radius 2 is 1.95 bits per heavy atom. The van der Waals surface area contributed by atoms with E-state index in [1.54, 1.807) is 17.7 Å². The smallest absolute Gasteiger partial charge is 0.274 e. The summed E-state index contributed by atoms with van der Waals surface area (Å²) in [5.41, 5.74) is 2.13. The Morgan fingerprint density at radius 1 is 1.25 bits per heavy atom. The van der Waals surface area contributed by atoms with Crippen LogP contribution in [0.1, 0.15) is 6.92 Å². The van der Waals surface area contributed by atoms with E-state index in [1.807, 2.05) is 44.1 Å². The maximum absolute atomic E-state index is 12.4. The van der Waals surface area contributed by atoms with Gasteiger partial charge in [-0.2, -0.15) is 0 Å². The summed E-state index contributed by atoms with van der Waals surface area (Å²) >= 11 is 0. The van der Waals surface area contributed by atoms with Crippen molar-refractivity contribution in [2.45, 2.75) is 6.92 Å². The van der Waals surface area contributed by atoms with E-state index in [0.29, 0.717) is 18.6 Å². The quantitative estimate of drug-likeness (QED) is 0.795. The number of nitrogens with zero attached hydrogens (tertiary/aromatic N) is 3. The van der Waals surface area contributed by atoms with Crippen LogP contribution in [0.15, 0.2) is 29.1 Å². The SMILES string of the molecule is CCN(C=O)c1cc2ccc(N(C)C)cc2n(C)c1=O. The Balaban J connectivity index is 2.73. The summed E-state index contributed by atoms with van der Waals surface area (Å²) in [6.45, 7) is 2.31. The van der Waals surface area contributed by atoms with Gasteiger partial charge in [0.15, 0.2) is 0 Å². The fourth-order valence-corrected chi connectivity index (χ4v) is 2.22. The summed E-state index contributed by atoms with van der Waals surface area (Å²) in [6.07, 6.45) is 0.691. The van der Waals surface area contributed by atoms with Crippen molar-refractivity contribution in [2.75, 3.05) is 30.4 Å². The van der Waals surface area contributed by atoms with Gasteiger partial charge in [0.05, 0.1) is 5.52 Å². The molecule has 0 N–H and O–H groups in total. The van der Waals surface area contributed by atoms with Crippen LogP contribution in [-0.2, 0) is 11.8 Å². The van der Waals surface area contributed by atoms with Crippen LogP contribution < -0.4 is 15.4 Å². The summed E-state index contributed by atoms with van der Waals surface area (Å²) in [5, 5.41) is 0.938. The maximum atomic E-state index is 12.4. The van der Waals surface area contributed by atoms with Gasteiger partial charge in [-0.15, -0.1) is 0 Å². The average molecular weight is 273 g/mol. The van der Waals surface area contributed by atoms with E-state index in [2.05, 4.69) is 0 Å².